The van der Waals surface area contributed by atoms with Gasteiger partial charge in [-0.1, -0.05) is 0 Å². The number of rotatable bonds is 7. The Morgan fingerprint density at radius 3 is 2.87 bits per heavy atom. The summed E-state index contributed by atoms with van der Waals surface area (Å²) in [6, 6.07) is 5.45. The van der Waals surface area contributed by atoms with Crippen molar-refractivity contribution in [2.45, 2.75) is 13.0 Å². The second-order valence-electron chi connectivity index (χ2n) is 6.65. The minimum atomic E-state index is -0.249. The van der Waals surface area contributed by atoms with E-state index in [-0.39, 0.29) is 24.4 Å². The van der Waals surface area contributed by atoms with Crippen LogP contribution in [0.25, 0.3) is 22.3 Å². The molecule has 160 valence electrons. The van der Waals surface area contributed by atoms with Crippen molar-refractivity contribution >= 4 is 33.4 Å². The average molecular weight is 440 g/mol. The number of hydrogen-bond donors (Lipinski definition) is 1. The number of fused-ring (bicyclic) bond motifs is 1. The van der Waals surface area contributed by atoms with Gasteiger partial charge in [0.1, 0.15) is 16.9 Å². The molecule has 4 aromatic rings. The van der Waals surface area contributed by atoms with E-state index in [1.165, 1.54) is 33.1 Å². The Balaban J connectivity index is 1.43. The number of benzene rings is 1. The van der Waals surface area contributed by atoms with E-state index in [4.69, 9.17) is 9.47 Å². The second-order valence-corrected chi connectivity index (χ2v) is 7.51. The lowest BCUT2D eigenvalue weighted by Gasteiger charge is -2.08. The molecule has 0 saturated heterocycles. The number of anilines is 1. The van der Waals surface area contributed by atoms with Crippen LogP contribution in [0.3, 0.4) is 0 Å². The van der Waals surface area contributed by atoms with Crippen LogP contribution in [0.4, 0.5) is 5.13 Å². The Morgan fingerprint density at radius 2 is 2.10 bits per heavy atom. The normalized spacial score (nSPS) is 10.9. The average Bonchev–Trinajstić information content (AvgIpc) is 3.40. The molecule has 3 heterocycles. The summed E-state index contributed by atoms with van der Waals surface area (Å²) in [5, 5.41) is 9.53. The van der Waals surface area contributed by atoms with Gasteiger partial charge in [0.05, 0.1) is 32.4 Å². The van der Waals surface area contributed by atoms with Crippen LogP contribution in [-0.4, -0.2) is 44.4 Å². The van der Waals surface area contributed by atoms with Crippen LogP contribution in [0, 0.1) is 0 Å². The highest BCUT2D eigenvalue weighted by Crippen LogP contribution is 2.34. The number of nitrogens with zero attached hydrogens (tertiary/aromatic N) is 5. The van der Waals surface area contributed by atoms with E-state index in [0.29, 0.717) is 33.4 Å². The number of aromatic nitrogens is 5. The minimum absolute atomic E-state index is 0.105. The van der Waals surface area contributed by atoms with Crippen LogP contribution in [0.15, 0.2) is 40.9 Å². The number of carbonyl (C=O) groups excluding carboxylic acids is 1. The number of thiazole rings is 1. The van der Waals surface area contributed by atoms with Crippen LogP contribution < -0.4 is 20.3 Å². The van der Waals surface area contributed by atoms with Gasteiger partial charge in [-0.25, -0.2) is 9.97 Å². The summed E-state index contributed by atoms with van der Waals surface area (Å²) in [4.78, 5) is 33.6. The van der Waals surface area contributed by atoms with Gasteiger partial charge in [-0.2, -0.15) is 5.10 Å². The Morgan fingerprint density at radius 1 is 1.26 bits per heavy atom. The monoisotopic (exact) mass is 440 g/mol. The highest BCUT2D eigenvalue weighted by molar-refractivity contribution is 7.14. The molecule has 1 N–H and O–H groups in total. The SMILES string of the molecule is COc1ccc(-c2csc(NC(=O)CCn3cnc4c(cnn4C)c3=O)n2)c(OC)c1. The molecule has 0 fully saturated rings. The lowest BCUT2D eigenvalue weighted by Crippen LogP contribution is -2.23. The fourth-order valence-corrected chi connectivity index (χ4v) is 3.82. The lowest BCUT2D eigenvalue weighted by atomic mass is 10.1. The molecule has 0 aliphatic rings. The summed E-state index contributed by atoms with van der Waals surface area (Å²) in [6.07, 6.45) is 3.01. The van der Waals surface area contributed by atoms with Crippen molar-refractivity contribution in [3.8, 4) is 22.8 Å². The zero-order chi connectivity index (χ0) is 22.0. The molecular weight excluding hydrogens is 420 g/mol. The number of methoxy groups -OCH3 is 2. The quantitative estimate of drug-likeness (QED) is 0.469. The number of carbonyl (C=O) groups is 1. The van der Waals surface area contributed by atoms with Gasteiger partial charge in [0.2, 0.25) is 5.91 Å². The van der Waals surface area contributed by atoms with Crippen molar-refractivity contribution in [2.75, 3.05) is 19.5 Å². The van der Waals surface area contributed by atoms with Crippen molar-refractivity contribution in [2.24, 2.45) is 7.05 Å². The zero-order valence-corrected chi connectivity index (χ0v) is 18.0. The molecule has 4 rings (SSSR count). The Labute approximate surface area is 181 Å². The van der Waals surface area contributed by atoms with Crippen molar-refractivity contribution in [1.29, 1.82) is 0 Å². The Bertz CT molecular complexity index is 1310. The maximum atomic E-state index is 12.5. The first-order chi connectivity index (χ1) is 15.0. The van der Waals surface area contributed by atoms with E-state index in [1.807, 2.05) is 17.5 Å². The molecule has 0 radical (unpaired) electrons. The van der Waals surface area contributed by atoms with Crippen molar-refractivity contribution in [3.05, 3.63) is 46.5 Å². The topological polar surface area (TPSA) is 113 Å². The third-order valence-electron chi connectivity index (χ3n) is 4.73. The summed E-state index contributed by atoms with van der Waals surface area (Å²) in [5.74, 6) is 1.06. The fourth-order valence-electron chi connectivity index (χ4n) is 3.09. The van der Waals surface area contributed by atoms with Gasteiger partial charge >= 0.3 is 0 Å². The number of ether oxygens (including phenoxy) is 2. The van der Waals surface area contributed by atoms with Gasteiger partial charge in [-0.3, -0.25) is 18.8 Å². The van der Waals surface area contributed by atoms with Gasteiger partial charge in [0.25, 0.3) is 5.56 Å². The van der Waals surface area contributed by atoms with E-state index >= 15 is 0 Å². The van der Waals surface area contributed by atoms with E-state index in [9.17, 15) is 9.59 Å². The highest BCUT2D eigenvalue weighted by Gasteiger charge is 2.14. The second kappa shape index (κ2) is 8.56. The van der Waals surface area contributed by atoms with Gasteiger partial charge in [0, 0.05) is 37.0 Å². The van der Waals surface area contributed by atoms with E-state index in [1.54, 1.807) is 27.3 Å². The number of nitrogens with one attached hydrogen (secondary N) is 1. The van der Waals surface area contributed by atoms with Gasteiger partial charge in [-0.15, -0.1) is 11.3 Å². The van der Waals surface area contributed by atoms with Crippen molar-refractivity contribution in [3.63, 3.8) is 0 Å². The molecule has 0 atom stereocenters. The van der Waals surface area contributed by atoms with Gasteiger partial charge in [-0.05, 0) is 12.1 Å². The summed E-state index contributed by atoms with van der Waals surface area (Å²) in [7, 11) is 4.88. The number of amides is 1. The van der Waals surface area contributed by atoms with E-state index in [0.717, 1.165) is 5.56 Å². The molecular formula is C20H20N6O4S. The standard InChI is InChI=1S/C20H20N6O4S/c1-25-18-14(9-22-25)19(28)26(11-21-18)7-6-17(27)24-20-23-15(10-31-20)13-5-4-12(29-2)8-16(13)30-3/h4-5,8-11H,6-7H2,1-3H3,(H,23,24,27). The summed E-state index contributed by atoms with van der Waals surface area (Å²) < 4.78 is 13.6. The van der Waals surface area contributed by atoms with E-state index < -0.39 is 0 Å². The molecule has 0 spiro atoms. The first kappa shape index (κ1) is 20.5. The molecule has 10 nitrogen and oxygen atoms in total. The lowest BCUT2D eigenvalue weighted by molar-refractivity contribution is -0.116. The van der Waals surface area contributed by atoms with Gasteiger partial charge < -0.3 is 14.8 Å². The molecule has 0 aliphatic heterocycles. The maximum absolute atomic E-state index is 12.5. The van der Waals surface area contributed by atoms with Gasteiger partial charge in [0.15, 0.2) is 10.8 Å². The Hall–Kier alpha value is -3.73. The summed E-state index contributed by atoms with van der Waals surface area (Å²) in [5.41, 5.74) is 1.76. The van der Waals surface area contributed by atoms with Crippen LogP contribution in [0.1, 0.15) is 6.42 Å². The molecule has 0 aliphatic carbocycles. The Kier molecular flexibility index (Phi) is 5.67. The maximum Gasteiger partial charge on any atom is 0.264 e. The molecule has 0 saturated carbocycles. The fraction of sp³-hybridized carbons (Fsp3) is 0.250. The van der Waals surface area contributed by atoms with Crippen molar-refractivity contribution in [1.82, 2.24) is 24.3 Å². The summed E-state index contributed by atoms with van der Waals surface area (Å²) in [6.45, 7) is 0.201. The van der Waals surface area contributed by atoms with Crippen LogP contribution >= 0.6 is 11.3 Å². The number of hydrogen-bond acceptors (Lipinski definition) is 8. The zero-order valence-electron chi connectivity index (χ0n) is 17.2. The first-order valence-corrected chi connectivity index (χ1v) is 10.2. The molecule has 31 heavy (non-hydrogen) atoms. The van der Waals surface area contributed by atoms with Crippen LogP contribution in [0.5, 0.6) is 11.5 Å². The van der Waals surface area contributed by atoms with Crippen LogP contribution in [0.2, 0.25) is 0 Å². The smallest absolute Gasteiger partial charge is 0.264 e. The predicted molar refractivity (Wildman–Crippen MR) is 117 cm³/mol. The predicted octanol–water partition coefficient (Wildman–Crippen LogP) is 2.30. The molecule has 1 aromatic carbocycles. The third kappa shape index (κ3) is 4.12. The number of aryl methyl sites for hydroxylation is 2. The highest BCUT2D eigenvalue weighted by atomic mass is 32.1. The molecule has 3 aromatic heterocycles. The minimum Gasteiger partial charge on any atom is -0.497 e. The molecule has 1 amide bonds. The molecule has 0 bridgehead atoms. The third-order valence-corrected chi connectivity index (χ3v) is 5.49. The van der Waals surface area contributed by atoms with E-state index in [2.05, 4.69) is 20.4 Å². The van der Waals surface area contributed by atoms with Crippen LogP contribution in [-0.2, 0) is 18.4 Å². The largest absolute Gasteiger partial charge is 0.497 e. The molecule has 11 heteroatoms. The summed E-state index contributed by atoms with van der Waals surface area (Å²) >= 11 is 1.31. The first-order valence-electron chi connectivity index (χ1n) is 9.35. The van der Waals surface area contributed by atoms with Crippen molar-refractivity contribution < 1.29 is 14.3 Å². The molecule has 0 unspecified atom stereocenters.